The number of ether oxygens (including phenoxy) is 2. The summed E-state index contributed by atoms with van der Waals surface area (Å²) in [5.41, 5.74) is 1.12. The average Bonchev–Trinajstić information content (AvgIpc) is 3.05. The molecule has 1 heterocycles. The molecule has 1 N–H and O–H groups in total. The van der Waals surface area contributed by atoms with E-state index in [-0.39, 0.29) is 11.3 Å². The van der Waals surface area contributed by atoms with Gasteiger partial charge in [-0.25, -0.2) is 0 Å². The minimum atomic E-state index is -0.757. The predicted octanol–water partition coefficient (Wildman–Crippen LogP) is 4.51. The molecule has 8 heteroatoms. The highest BCUT2D eigenvalue weighted by Gasteiger charge is 2.46. The molecule has 2 aromatic rings. The van der Waals surface area contributed by atoms with E-state index in [1.165, 1.54) is 4.90 Å². The van der Waals surface area contributed by atoms with Gasteiger partial charge < -0.3 is 24.4 Å². The zero-order valence-electron chi connectivity index (χ0n) is 20.0. The van der Waals surface area contributed by atoms with Crippen LogP contribution in [0.1, 0.15) is 37.4 Å². The topological polar surface area (TPSA) is 79.3 Å². The van der Waals surface area contributed by atoms with Gasteiger partial charge in [0.15, 0.2) is 11.5 Å². The molecule has 1 amide bonds. The maximum absolute atomic E-state index is 13.2. The van der Waals surface area contributed by atoms with Crippen LogP contribution in [0, 0.1) is 0 Å². The molecule has 1 aliphatic rings. The molecule has 0 aromatic heterocycles. The van der Waals surface area contributed by atoms with Crippen LogP contribution in [0.2, 0.25) is 5.02 Å². The average molecular weight is 487 g/mol. The number of halogens is 1. The second-order valence-electron chi connectivity index (χ2n) is 8.23. The molecule has 0 bridgehead atoms. The first kappa shape index (κ1) is 25.6. The van der Waals surface area contributed by atoms with Crippen molar-refractivity contribution < 1.29 is 24.2 Å². The third-order valence-corrected chi connectivity index (χ3v) is 5.80. The van der Waals surface area contributed by atoms with Crippen LogP contribution >= 0.6 is 11.6 Å². The number of nitrogens with zero attached hydrogens (tertiary/aromatic N) is 2. The Kier molecular flexibility index (Phi) is 8.58. The second kappa shape index (κ2) is 11.4. The summed E-state index contributed by atoms with van der Waals surface area (Å²) >= 11 is 5.99. The first-order valence-corrected chi connectivity index (χ1v) is 11.7. The second-order valence-corrected chi connectivity index (χ2v) is 8.66. The Labute approximate surface area is 205 Å². The van der Waals surface area contributed by atoms with Gasteiger partial charge in [0.2, 0.25) is 0 Å². The van der Waals surface area contributed by atoms with Gasteiger partial charge in [-0.2, -0.15) is 0 Å². The lowest BCUT2D eigenvalue weighted by Gasteiger charge is -2.26. The molecule has 34 heavy (non-hydrogen) atoms. The minimum absolute atomic E-state index is 0.0452. The Morgan fingerprint density at radius 1 is 1.03 bits per heavy atom. The highest BCUT2D eigenvalue weighted by atomic mass is 35.5. The fourth-order valence-electron chi connectivity index (χ4n) is 4.02. The molecule has 1 fully saturated rings. The molecule has 2 aromatic carbocycles. The first-order valence-electron chi connectivity index (χ1n) is 11.4. The molecule has 1 saturated heterocycles. The first-order chi connectivity index (χ1) is 16.3. The number of carbonyl (C=O) groups excluding carboxylic acids is 2. The number of aliphatic hydroxyl groups is 1. The summed E-state index contributed by atoms with van der Waals surface area (Å²) in [6.45, 7) is 5.77. The van der Waals surface area contributed by atoms with Crippen LogP contribution in [0.25, 0.3) is 5.76 Å². The van der Waals surface area contributed by atoms with Gasteiger partial charge >= 0.3 is 0 Å². The van der Waals surface area contributed by atoms with Gasteiger partial charge in [-0.3, -0.25) is 9.59 Å². The lowest BCUT2D eigenvalue weighted by Crippen LogP contribution is -2.32. The van der Waals surface area contributed by atoms with E-state index in [9.17, 15) is 14.7 Å². The van der Waals surface area contributed by atoms with Crippen LogP contribution in [0.4, 0.5) is 0 Å². The van der Waals surface area contributed by atoms with E-state index < -0.39 is 17.7 Å². The fraction of sp³-hybridized carbons (Fsp3) is 0.385. The molecule has 0 radical (unpaired) electrons. The van der Waals surface area contributed by atoms with Gasteiger partial charge in [0.1, 0.15) is 5.76 Å². The number of Topliss-reactive ketones (excluding diaryl/α,β-unsaturated/α-hetero) is 1. The zero-order valence-corrected chi connectivity index (χ0v) is 20.8. The molecule has 1 unspecified atom stereocenters. The maximum atomic E-state index is 13.2. The van der Waals surface area contributed by atoms with Gasteiger partial charge in [-0.1, -0.05) is 17.7 Å². The van der Waals surface area contributed by atoms with E-state index in [0.717, 1.165) is 6.54 Å². The standard InChI is InChI=1S/C26H31ClN2O5/c1-5-33-20-13-10-18(16-21(20)34-6-2)23-22(24(30)17-8-11-19(27)12-9-17)25(31)26(32)29(23)15-7-14-28(3)4/h8-13,16,23,30H,5-7,14-15H2,1-4H3/b24-22+. The maximum Gasteiger partial charge on any atom is 0.295 e. The summed E-state index contributed by atoms with van der Waals surface area (Å²) in [5, 5.41) is 11.7. The third-order valence-electron chi connectivity index (χ3n) is 5.55. The van der Waals surface area contributed by atoms with Crippen LogP contribution in [0.3, 0.4) is 0 Å². The molecule has 0 aliphatic carbocycles. The molecule has 1 atom stereocenters. The molecular weight excluding hydrogens is 456 g/mol. The number of hydrogen-bond donors (Lipinski definition) is 1. The Morgan fingerprint density at radius 3 is 2.29 bits per heavy atom. The van der Waals surface area contributed by atoms with Crippen molar-refractivity contribution in [3.05, 3.63) is 64.2 Å². The normalized spacial score (nSPS) is 17.5. The third kappa shape index (κ3) is 5.54. The molecule has 182 valence electrons. The summed E-state index contributed by atoms with van der Waals surface area (Å²) < 4.78 is 11.4. The van der Waals surface area contributed by atoms with E-state index in [4.69, 9.17) is 21.1 Å². The Balaban J connectivity index is 2.13. The van der Waals surface area contributed by atoms with E-state index in [1.807, 2.05) is 32.8 Å². The monoisotopic (exact) mass is 486 g/mol. The molecule has 0 saturated carbocycles. The van der Waals surface area contributed by atoms with Crippen LogP contribution in [-0.2, 0) is 9.59 Å². The van der Waals surface area contributed by atoms with Crippen LogP contribution in [-0.4, -0.2) is 67.0 Å². The smallest absolute Gasteiger partial charge is 0.295 e. The van der Waals surface area contributed by atoms with E-state index >= 15 is 0 Å². The predicted molar refractivity (Wildman–Crippen MR) is 132 cm³/mol. The Bertz CT molecular complexity index is 1070. The van der Waals surface area contributed by atoms with E-state index in [2.05, 4.69) is 0 Å². The van der Waals surface area contributed by atoms with Crippen LogP contribution in [0.15, 0.2) is 48.0 Å². The summed E-state index contributed by atoms with van der Waals surface area (Å²) in [6.07, 6.45) is 0.673. The van der Waals surface area contributed by atoms with Gasteiger partial charge in [0.25, 0.3) is 11.7 Å². The Morgan fingerprint density at radius 2 is 1.68 bits per heavy atom. The number of carbonyl (C=O) groups is 2. The van der Waals surface area contributed by atoms with Crippen LogP contribution in [0.5, 0.6) is 11.5 Å². The summed E-state index contributed by atoms with van der Waals surface area (Å²) in [6, 6.07) is 11.1. The van der Waals surface area contributed by atoms with Crippen molar-refractivity contribution in [2.45, 2.75) is 26.3 Å². The summed E-state index contributed by atoms with van der Waals surface area (Å²) in [7, 11) is 3.90. The van der Waals surface area contributed by atoms with Crippen molar-refractivity contribution in [3.8, 4) is 11.5 Å². The summed E-state index contributed by atoms with van der Waals surface area (Å²) in [5.74, 6) is -0.482. The van der Waals surface area contributed by atoms with Crippen molar-refractivity contribution >= 4 is 29.1 Å². The van der Waals surface area contributed by atoms with Gasteiger partial charge in [-0.15, -0.1) is 0 Å². The molecule has 3 rings (SSSR count). The fourth-order valence-corrected chi connectivity index (χ4v) is 4.14. The lowest BCUT2D eigenvalue weighted by atomic mass is 9.95. The highest BCUT2D eigenvalue weighted by molar-refractivity contribution is 6.46. The van der Waals surface area contributed by atoms with Crippen LogP contribution < -0.4 is 9.47 Å². The largest absolute Gasteiger partial charge is 0.507 e. The molecule has 1 aliphatic heterocycles. The minimum Gasteiger partial charge on any atom is -0.507 e. The molecule has 7 nitrogen and oxygen atoms in total. The van der Waals surface area contributed by atoms with Gasteiger partial charge in [-0.05, 0) is 82.9 Å². The molecule has 0 spiro atoms. The number of amides is 1. The van der Waals surface area contributed by atoms with Crippen molar-refractivity contribution in [2.75, 3.05) is 40.4 Å². The van der Waals surface area contributed by atoms with Crippen molar-refractivity contribution in [1.82, 2.24) is 9.80 Å². The van der Waals surface area contributed by atoms with Gasteiger partial charge in [0, 0.05) is 17.1 Å². The number of hydrogen-bond acceptors (Lipinski definition) is 6. The van der Waals surface area contributed by atoms with E-state index in [1.54, 1.807) is 42.5 Å². The number of likely N-dealkylation sites (tertiary alicyclic amines) is 1. The van der Waals surface area contributed by atoms with E-state index in [0.29, 0.717) is 53.8 Å². The Hall–Kier alpha value is -3.03. The number of rotatable bonds is 10. The highest BCUT2D eigenvalue weighted by Crippen LogP contribution is 2.42. The number of ketones is 1. The summed E-state index contributed by atoms with van der Waals surface area (Å²) in [4.78, 5) is 29.8. The number of benzene rings is 2. The van der Waals surface area contributed by atoms with Gasteiger partial charge in [0.05, 0.1) is 24.8 Å². The zero-order chi connectivity index (χ0) is 24.8. The quantitative estimate of drug-likeness (QED) is 0.302. The molecular formula is C26H31ClN2O5. The van der Waals surface area contributed by atoms with Crippen molar-refractivity contribution in [2.24, 2.45) is 0 Å². The van der Waals surface area contributed by atoms with Crippen molar-refractivity contribution in [1.29, 1.82) is 0 Å². The SMILES string of the molecule is CCOc1ccc(C2/C(=C(\O)c3ccc(Cl)cc3)C(=O)C(=O)N2CCCN(C)C)cc1OCC. The van der Waals surface area contributed by atoms with Crippen molar-refractivity contribution in [3.63, 3.8) is 0 Å². The lowest BCUT2D eigenvalue weighted by molar-refractivity contribution is -0.139. The number of aliphatic hydroxyl groups excluding tert-OH is 1.